The Bertz CT molecular complexity index is 2400. The van der Waals surface area contributed by atoms with Crippen LogP contribution in [0.2, 0.25) is 0 Å². The predicted molar refractivity (Wildman–Crippen MR) is 145 cm³/mol. The fourth-order valence-corrected chi connectivity index (χ4v) is 1.15. The molecule has 0 saturated carbocycles. The molecule has 0 heterocycles. The maximum atomic E-state index is 3.31. The zero-order chi connectivity index (χ0) is 28.9. The van der Waals surface area contributed by atoms with E-state index in [9.17, 15) is 0 Å². The summed E-state index contributed by atoms with van der Waals surface area (Å²) < 4.78 is 0. The smallest absolute Gasteiger partial charge is 0 e. The lowest BCUT2D eigenvalue weighted by Gasteiger charge is -1.41. The van der Waals surface area contributed by atoms with Crippen molar-refractivity contribution in [3.05, 3.63) is 231 Å². The molecule has 0 bridgehead atoms. The average molecular weight is 484 g/mol. The van der Waals surface area contributed by atoms with Crippen LogP contribution in [0.4, 0.5) is 0 Å². The third-order valence-electron chi connectivity index (χ3n) is 2.36. The summed E-state index contributed by atoms with van der Waals surface area (Å²) in [6.45, 7) is 6.62. The summed E-state index contributed by atoms with van der Waals surface area (Å²) in [6.07, 6.45) is 0. The molecular weight excluding hydrogens is 480 g/mol. The van der Waals surface area contributed by atoms with Gasteiger partial charge in [-0.15, -0.1) is 0 Å². The Hall–Kier alpha value is -8.62. The molecule has 164 valence electrons. The van der Waals surface area contributed by atoms with Crippen LogP contribution >= 0.6 is 0 Å². The third kappa shape index (κ3) is 29.4. The van der Waals surface area contributed by atoms with Crippen molar-refractivity contribution in [3.8, 4) is 0 Å². The molecule has 0 saturated heterocycles. The Morgan fingerprint density at radius 1 is 0.125 bits per heavy atom. The molecule has 0 spiro atoms. The van der Waals surface area contributed by atoms with Crippen molar-refractivity contribution in [3.63, 3.8) is 0 Å². The summed E-state index contributed by atoms with van der Waals surface area (Å²) in [4.78, 5) is 0. The van der Waals surface area contributed by atoms with Gasteiger partial charge in [0.05, 0.1) is 0 Å². The number of hydrogen-bond donors (Lipinski definition) is 0. The van der Waals surface area contributed by atoms with Crippen molar-refractivity contribution in [1.82, 2.24) is 0 Å². The van der Waals surface area contributed by atoms with Crippen molar-refractivity contribution < 1.29 is 0 Å². The standard InChI is InChI=1S/C40H4/c1-3-5-7-9-11-13-15-17-19-21-23-25-27-29-31-33-35-37-39-40-38-36-34-32-30-28-26-24-22-20-18-16-14-12-10-8-6-4-2/h1-2H2. The molecule has 0 aliphatic carbocycles. The van der Waals surface area contributed by atoms with Gasteiger partial charge in [-0.25, -0.2) is 0 Å². The van der Waals surface area contributed by atoms with E-state index in [0.717, 1.165) is 0 Å². The van der Waals surface area contributed by atoms with Gasteiger partial charge in [-0.05, 0) is 105 Å². The van der Waals surface area contributed by atoms with Gasteiger partial charge < -0.3 is 0 Å². The van der Waals surface area contributed by atoms with Gasteiger partial charge in [-0.1, -0.05) is 11.5 Å². The maximum Gasteiger partial charge on any atom is 0 e. The quantitative estimate of drug-likeness (QED) is 0.336. The zero-order valence-corrected chi connectivity index (χ0v) is 20.4. The van der Waals surface area contributed by atoms with Crippen LogP contribution in [0.1, 0.15) is 0 Å². The van der Waals surface area contributed by atoms with Gasteiger partial charge in [0.15, 0.2) is 0 Å². The first-order valence-electron chi connectivity index (χ1n) is 9.96. The minimum atomic E-state index is 2.37. The van der Waals surface area contributed by atoms with Crippen LogP contribution in [0.5, 0.6) is 0 Å². The molecule has 0 fully saturated rings. The molecule has 0 nitrogen and oxygen atoms in total. The van der Waals surface area contributed by atoms with E-state index in [2.05, 4.69) is 231 Å². The van der Waals surface area contributed by atoms with E-state index in [1.54, 1.807) is 0 Å². The lowest BCUT2D eigenvalue weighted by molar-refractivity contribution is 2.10. The summed E-state index contributed by atoms with van der Waals surface area (Å²) in [6, 6.07) is 0. The van der Waals surface area contributed by atoms with Crippen LogP contribution < -0.4 is 0 Å². The Morgan fingerprint density at radius 2 is 0.200 bits per heavy atom. The molecule has 0 aliphatic heterocycles. The van der Waals surface area contributed by atoms with E-state index in [1.165, 1.54) is 0 Å². The van der Waals surface area contributed by atoms with E-state index >= 15 is 0 Å². The van der Waals surface area contributed by atoms with E-state index in [1.807, 2.05) is 0 Å². The van der Waals surface area contributed by atoms with E-state index in [4.69, 9.17) is 0 Å². The fourth-order valence-electron chi connectivity index (χ4n) is 1.15. The zero-order valence-electron chi connectivity index (χ0n) is 20.4. The van der Waals surface area contributed by atoms with E-state index in [-0.39, 0.29) is 0 Å². The first-order valence-corrected chi connectivity index (χ1v) is 9.96. The Morgan fingerprint density at radius 3 is 0.275 bits per heavy atom. The van der Waals surface area contributed by atoms with Gasteiger partial charge in [0, 0.05) is 115 Å². The first-order chi connectivity index (χ1) is 19.9. The highest BCUT2D eigenvalue weighted by Gasteiger charge is 1.44. The molecular formula is C40H4. The topological polar surface area (TPSA) is 0 Å². The highest BCUT2D eigenvalue weighted by Crippen LogP contribution is 1.60. The Kier molecular flexibility index (Phi) is 23.8. The van der Waals surface area contributed by atoms with Gasteiger partial charge in [0.2, 0.25) is 0 Å². The molecule has 0 radical (unpaired) electrons. The predicted octanol–water partition coefficient (Wildman–Crippen LogP) is 6.70. The molecule has 0 atom stereocenters. The Balaban J connectivity index is 6.03. The molecule has 0 aromatic rings. The highest BCUT2D eigenvalue weighted by atomic mass is 13.5. The van der Waals surface area contributed by atoms with Crippen LogP contribution in [0.25, 0.3) is 0 Å². The number of hydrogen-bond acceptors (Lipinski definition) is 0. The largest absolute Gasteiger partial charge is 0.0687 e. The number of rotatable bonds is 0. The summed E-state index contributed by atoms with van der Waals surface area (Å²) in [5.74, 6) is 0. The third-order valence-corrected chi connectivity index (χ3v) is 2.36. The van der Waals surface area contributed by atoms with Crippen LogP contribution in [0.15, 0.2) is 231 Å². The average Bonchev–Trinajstić information content (AvgIpc) is 2.97. The second kappa shape index (κ2) is 30.4. The van der Waals surface area contributed by atoms with Crippen LogP contribution in [-0.2, 0) is 0 Å². The van der Waals surface area contributed by atoms with Crippen molar-refractivity contribution >= 4 is 0 Å². The van der Waals surface area contributed by atoms with E-state index in [0.29, 0.717) is 0 Å². The van der Waals surface area contributed by atoms with Crippen molar-refractivity contribution in [2.75, 3.05) is 0 Å². The molecule has 0 aromatic heterocycles. The normalized spacial score (nSPS) is 3.90. The lowest BCUT2D eigenvalue weighted by atomic mass is 10.6. The highest BCUT2D eigenvalue weighted by molar-refractivity contribution is 4.96. The molecule has 0 rings (SSSR count). The summed E-state index contributed by atoms with van der Waals surface area (Å²) in [5.41, 5.74) is 94.4. The minimum Gasteiger partial charge on any atom is -0.0687 e. The minimum absolute atomic E-state index is 2.37. The Labute approximate surface area is 230 Å². The van der Waals surface area contributed by atoms with E-state index < -0.39 is 0 Å². The van der Waals surface area contributed by atoms with Gasteiger partial charge in [-0.3, -0.25) is 0 Å². The molecule has 0 amide bonds. The molecule has 0 unspecified atom stereocenters. The van der Waals surface area contributed by atoms with Crippen molar-refractivity contribution in [2.45, 2.75) is 0 Å². The van der Waals surface area contributed by atoms with Crippen LogP contribution in [-0.4, -0.2) is 0 Å². The SMILES string of the molecule is C=C=C=C=C=C=C=C=C=C=C=C=C=C=C=C=C=C=C=C=C=C=C=C=C=C=C=C=C=C=C=C=C=C=C=C=C=C=C=C. The van der Waals surface area contributed by atoms with Crippen LogP contribution in [0.3, 0.4) is 0 Å². The maximum absolute atomic E-state index is 3.31. The summed E-state index contributed by atoms with van der Waals surface area (Å²) in [5, 5.41) is 0. The lowest BCUT2D eigenvalue weighted by Crippen LogP contribution is -1.25. The molecule has 0 heteroatoms. The van der Waals surface area contributed by atoms with Gasteiger partial charge in [0.1, 0.15) is 0 Å². The second-order valence-electron chi connectivity index (χ2n) is 4.85. The van der Waals surface area contributed by atoms with Crippen LogP contribution in [0, 0.1) is 0 Å². The van der Waals surface area contributed by atoms with Gasteiger partial charge in [-0.2, -0.15) is 0 Å². The molecule has 0 aliphatic rings. The monoisotopic (exact) mass is 484 g/mol. The molecule has 0 N–H and O–H groups in total. The molecule has 0 aromatic carbocycles. The fraction of sp³-hybridized carbons (Fsp3) is 0. The summed E-state index contributed by atoms with van der Waals surface area (Å²) >= 11 is 0. The first kappa shape index (κ1) is 31.4. The summed E-state index contributed by atoms with van der Waals surface area (Å²) in [7, 11) is 0. The van der Waals surface area contributed by atoms with Gasteiger partial charge >= 0.3 is 0 Å². The van der Waals surface area contributed by atoms with Crippen molar-refractivity contribution in [1.29, 1.82) is 0 Å². The van der Waals surface area contributed by atoms with Crippen molar-refractivity contribution in [2.24, 2.45) is 0 Å². The second-order valence-corrected chi connectivity index (χ2v) is 4.85. The molecule has 40 heavy (non-hydrogen) atoms. The van der Waals surface area contributed by atoms with Gasteiger partial charge in [0.25, 0.3) is 0 Å².